The Morgan fingerprint density at radius 3 is 3.14 bits per heavy atom. The minimum Gasteiger partial charge on any atom is -0.296 e. The molecule has 1 aliphatic rings. The highest BCUT2D eigenvalue weighted by Gasteiger charge is 2.21. The summed E-state index contributed by atoms with van der Waals surface area (Å²) in [5, 5.41) is 7.34. The summed E-state index contributed by atoms with van der Waals surface area (Å²) in [6, 6.07) is 7.10. The fourth-order valence-corrected chi connectivity index (χ4v) is 3.79. The first-order valence-electron chi connectivity index (χ1n) is 7.40. The van der Waals surface area contributed by atoms with Crippen molar-refractivity contribution in [3.63, 3.8) is 0 Å². The number of aromatic amines is 1. The van der Waals surface area contributed by atoms with Crippen LogP contribution in [-0.2, 0) is 12.8 Å². The van der Waals surface area contributed by atoms with E-state index in [2.05, 4.69) is 45.2 Å². The van der Waals surface area contributed by atoms with Gasteiger partial charge in [-0.2, -0.15) is 5.10 Å². The van der Waals surface area contributed by atoms with Gasteiger partial charge >= 0.3 is 0 Å². The van der Waals surface area contributed by atoms with E-state index in [0.29, 0.717) is 6.04 Å². The second-order valence-corrected chi connectivity index (χ2v) is 6.53. The predicted molar refractivity (Wildman–Crippen MR) is 85.6 cm³/mol. The highest BCUT2D eigenvalue weighted by Crippen LogP contribution is 2.27. The molecule has 0 amide bonds. The molecule has 1 unspecified atom stereocenters. The molecule has 1 aliphatic heterocycles. The average Bonchev–Trinajstić information content (AvgIpc) is 3.11. The van der Waals surface area contributed by atoms with Crippen LogP contribution in [0.1, 0.15) is 29.8 Å². The van der Waals surface area contributed by atoms with Gasteiger partial charge in [-0.3, -0.25) is 10.00 Å². The van der Waals surface area contributed by atoms with Crippen LogP contribution in [0.15, 0.2) is 29.9 Å². The van der Waals surface area contributed by atoms with Gasteiger partial charge in [-0.1, -0.05) is 6.07 Å². The standard InChI is InChI=1S/C16H18N4S/c1-11(12-2-3-16-15(8-12)17-10-21-16)20-6-4-13-9-18-19-14(13)5-7-20/h2-3,8-11H,4-7H2,1H3,(H,18,19). The Kier molecular flexibility index (Phi) is 3.24. The molecule has 108 valence electrons. The van der Waals surface area contributed by atoms with Crippen molar-refractivity contribution in [2.24, 2.45) is 0 Å². The first-order valence-corrected chi connectivity index (χ1v) is 8.28. The predicted octanol–water partition coefficient (Wildman–Crippen LogP) is 3.18. The van der Waals surface area contributed by atoms with Gasteiger partial charge in [-0.25, -0.2) is 4.98 Å². The van der Waals surface area contributed by atoms with E-state index in [0.717, 1.165) is 31.4 Å². The molecule has 3 aromatic rings. The molecule has 4 nitrogen and oxygen atoms in total. The van der Waals surface area contributed by atoms with Gasteiger partial charge in [0.05, 0.1) is 21.4 Å². The van der Waals surface area contributed by atoms with E-state index in [1.165, 1.54) is 21.5 Å². The van der Waals surface area contributed by atoms with Crippen molar-refractivity contribution in [2.45, 2.75) is 25.8 Å². The van der Waals surface area contributed by atoms with Gasteiger partial charge in [0.25, 0.3) is 0 Å². The summed E-state index contributed by atoms with van der Waals surface area (Å²) in [6.45, 7) is 4.44. The molecule has 0 aliphatic carbocycles. The number of hydrogen-bond donors (Lipinski definition) is 1. The number of fused-ring (bicyclic) bond motifs is 2. The Morgan fingerprint density at radius 1 is 1.29 bits per heavy atom. The maximum absolute atomic E-state index is 4.44. The normalized spacial score (nSPS) is 17.6. The van der Waals surface area contributed by atoms with Crippen LogP contribution in [0.4, 0.5) is 0 Å². The summed E-state index contributed by atoms with van der Waals surface area (Å²) in [5.74, 6) is 0. The van der Waals surface area contributed by atoms with Crippen LogP contribution in [0.2, 0.25) is 0 Å². The average molecular weight is 298 g/mol. The Bertz CT molecular complexity index is 738. The van der Waals surface area contributed by atoms with Crippen LogP contribution < -0.4 is 0 Å². The Hall–Kier alpha value is -1.72. The molecule has 1 aromatic carbocycles. The van der Waals surface area contributed by atoms with Crippen LogP contribution >= 0.6 is 11.3 Å². The van der Waals surface area contributed by atoms with Crippen LogP contribution in [0.3, 0.4) is 0 Å². The monoisotopic (exact) mass is 298 g/mol. The summed E-state index contributed by atoms with van der Waals surface area (Å²) < 4.78 is 1.27. The molecule has 5 heteroatoms. The second-order valence-electron chi connectivity index (χ2n) is 5.65. The molecule has 4 rings (SSSR count). The van der Waals surface area contributed by atoms with Gasteiger partial charge in [0.15, 0.2) is 0 Å². The van der Waals surface area contributed by atoms with Crippen LogP contribution in [-0.4, -0.2) is 33.2 Å². The summed E-state index contributed by atoms with van der Waals surface area (Å²) in [6.07, 6.45) is 4.15. The van der Waals surface area contributed by atoms with Gasteiger partial charge in [-0.05, 0) is 36.6 Å². The zero-order valence-corrected chi connectivity index (χ0v) is 12.9. The third kappa shape index (κ3) is 2.36. The second kappa shape index (κ2) is 5.24. The highest BCUT2D eigenvalue weighted by atomic mass is 32.1. The minimum absolute atomic E-state index is 0.420. The molecule has 3 heterocycles. The number of thiazole rings is 1. The SMILES string of the molecule is CC(c1ccc2scnc2c1)N1CCc2c[nH]nc2CC1. The van der Waals surface area contributed by atoms with Gasteiger partial charge < -0.3 is 0 Å². The van der Waals surface area contributed by atoms with Crippen molar-refractivity contribution in [3.05, 3.63) is 46.7 Å². The molecule has 0 spiro atoms. The lowest BCUT2D eigenvalue weighted by Crippen LogP contribution is -2.29. The van der Waals surface area contributed by atoms with Crippen molar-refractivity contribution in [3.8, 4) is 0 Å². The number of rotatable bonds is 2. The van der Waals surface area contributed by atoms with E-state index >= 15 is 0 Å². The number of nitrogens with zero attached hydrogens (tertiary/aromatic N) is 3. The third-order valence-corrected chi connectivity index (χ3v) is 5.31. The molecule has 21 heavy (non-hydrogen) atoms. The topological polar surface area (TPSA) is 44.8 Å². The van der Waals surface area contributed by atoms with E-state index in [4.69, 9.17) is 0 Å². The van der Waals surface area contributed by atoms with Gasteiger partial charge in [0.2, 0.25) is 0 Å². The quantitative estimate of drug-likeness (QED) is 0.790. The summed E-state index contributed by atoms with van der Waals surface area (Å²) >= 11 is 1.70. The summed E-state index contributed by atoms with van der Waals surface area (Å²) in [4.78, 5) is 6.99. The zero-order valence-electron chi connectivity index (χ0n) is 12.0. The highest BCUT2D eigenvalue weighted by molar-refractivity contribution is 7.16. The van der Waals surface area contributed by atoms with Gasteiger partial charge in [0, 0.05) is 31.7 Å². The first-order chi connectivity index (χ1) is 10.3. The largest absolute Gasteiger partial charge is 0.296 e. The lowest BCUT2D eigenvalue weighted by Gasteiger charge is -2.27. The van der Waals surface area contributed by atoms with Crippen LogP contribution in [0.25, 0.3) is 10.2 Å². The fourth-order valence-electron chi connectivity index (χ4n) is 3.13. The molecule has 2 aromatic heterocycles. The molecule has 1 N–H and O–H groups in total. The maximum Gasteiger partial charge on any atom is 0.0815 e. The molecule has 0 radical (unpaired) electrons. The summed E-state index contributed by atoms with van der Waals surface area (Å²) in [7, 11) is 0. The van der Waals surface area contributed by atoms with Crippen LogP contribution in [0.5, 0.6) is 0 Å². The minimum atomic E-state index is 0.420. The third-order valence-electron chi connectivity index (χ3n) is 4.50. The van der Waals surface area contributed by atoms with E-state index in [9.17, 15) is 0 Å². The molecule has 0 saturated heterocycles. The van der Waals surface area contributed by atoms with Gasteiger partial charge in [0.1, 0.15) is 0 Å². The van der Waals surface area contributed by atoms with Crippen molar-refractivity contribution >= 4 is 21.6 Å². The fraction of sp³-hybridized carbons (Fsp3) is 0.375. The van der Waals surface area contributed by atoms with E-state index < -0.39 is 0 Å². The maximum atomic E-state index is 4.44. The number of hydrogen-bond acceptors (Lipinski definition) is 4. The molecular formula is C16H18N4S. The number of H-pyrrole nitrogens is 1. The van der Waals surface area contributed by atoms with Gasteiger partial charge in [-0.15, -0.1) is 11.3 Å². The smallest absolute Gasteiger partial charge is 0.0815 e. The van der Waals surface area contributed by atoms with Crippen molar-refractivity contribution in [1.29, 1.82) is 0 Å². The Labute approximate surface area is 127 Å². The molecule has 1 atom stereocenters. The summed E-state index contributed by atoms with van der Waals surface area (Å²) in [5.41, 5.74) is 7.00. The van der Waals surface area contributed by atoms with Crippen molar-refractivity contribution in [2.75, 3.05) is 13.1 Å². The first kappa shape index (κ1) is 13.0. The Morgan fingerprint density at radius 2 is 2.19 bits per heavy atom. The molecule has 0 bridgehead atoms. The molecule has 0 fully saturated rings. The van der Waals surface area contributed by atoms with Crippen LogP contribution in [0, 0.1) is 0 Å². The zero-order chi connectivity index (χ0) is 14.2. The lowest BCUT2D eigenvalue weighted by atomic mass is 10.1. The Balaban J connectivity index is 1.56. The molecular weight excluding hydrogens is 280 g/mol. The lowest BCUT2D eigenvalue weighted by molar-refractivity contribution is 0.220. The number of nitrogens with one attached hydrogen (secondary N) is 1. The molecule has 0 saturated carbocycles. The van der Waals surface area contributed by atoms with E-state index in [1.54, 1.807) is 11.3 Å². The van der Waals surface area contributed by atoms with Crippen molar-refractivity contribution in [1.82, 2.24) is 20.1 Å². The number of aromatic nitrogens is 3. The van der Waals surface area contributed by atoms with E-state index in [1.807, 2.05) is 11.7 Å². The number of benzene rings is 1. The van der Waals surface area contributed by atoms with Crippen molar-refractivity contribution < 1.29 is 0 Å². The van der Waals surface area contributed by atoms with E-state index in [-0.39, 0.29) is 0 Å².